The highest BCUT2D eigenvalue weighted by Gasteiger charge is 2.30. The summed E-state index contributed by atoms with van der Waals surface area (Å²) in [6, 6.07) is 0. The van der Waals surface area contributed by atoms with Crippen LogP contribution in [0.3, 0.4) is 0 Å². The molecule has 0 unspecified atom stereocenters. The highest BCUT2D eigenvalue weighted by atomic mass is 19.4. The molecule has 0 aromatic heterocycles. The van der Waals surface area contributed by atoms with Gasteiger partial charge in [-0.25, -0.2) is 0 Å². The second-order valence-electron chi connectivity index (χ2n) is 2.42. The summed E-state index contributed by atoms with van der Waals surface area (Å²) in [4.78, 5) is 0. The normalized spacial score (nSPS) is 14.3. The predicted molar refractivity (Wildman–Crippen MR) is 48.3 cm³/mol. The average molecular weight is 206 g/mol. The summed E-state index contributed by atoms with van der Waals surface area (Å²) < 4.78 is 36.5. The van der Waals surface area contributed by atoms with Crippen LogP contribution < -0.4 is 0 Å². The Hall–Kier alpha value is -1.01. The van der Waals surface area contributed by atoms with Gasteiger partial charge in [0.2, 0.25) is 0 Å². The first-order valence-corrected chi connectivity index (χ1v) is 3.82. The Balaban J connectivity index is 4.67. The van der Waals surface area contributed by atoms with Crippen LogP contribution in [-0.2, 0) is 0 Å². The molecule has 0 amide bonds. The number of rotatable bonds is 3. The maximum Gasteiger partial charge on any atom is 0.480 e. The predicted octanol–water partition coefficient (Wildman–Crippen LogP) is 1.62. The molecule has 6 heteroatoms. The molecule has 0 rings (SSSR count). The minimum atomic E-state index is -4.43. The highest BCUT2D eigenvalue weighted by Crippen LogP contribution is 2.26. The highest BCUT2D eigenvalue weighted by molar-refractivity contribution is 6.47. The molecule has 0 heterocycles. The number of hydrogen-bond donors (Lipinski definition) is 2. The van der Waals surface area contributed by atoms with Gasteiger partial charge in [-0.15, -0.1) is 0 Å². The van der Waals surface area contributed by atoms with Crippen molar-refractivity contribution in [1.29, 1.82) is 0 Å². The van der Waals surface area contributed by atoms with Crippen LogP contribution in [0.15, 0.2) is 35.9 Å². The molecule has 2 nitrogen and oxygen atoms in total. The largest absolute Gasteiger partial charge is 0.480 e. The van der Waals surface area contributed by atoms with Crippen LogP contribution in [0.2, 0.25) is 0 Å². The molecule has 0 aromatic carbocycles. The Morgan fingerprint density at radius 2 is 1.86 bits per heavy atom. The van der Waals surface area contributed by atoms with E-state index in [4.69, 9.17) is 10.0 Å². The SMILES string of the molecule is C\C=C/C(=C\C=C\B(O)O)C(F)(F)F. The lowest BCUT2D eigenvalue weighted by atomic mass is 9.91. The maximum atomic E-state index is 12.2. The molecular formula is C8H10BF3O2. The quantitative estimate of drug-likeness (QED) is 0.544. The van der Waals surface area contributed by atoms with E-state index < -0.39 is 18.9 Å². The standard InChI is InChI=1S/C8H10BF3O2/c1-2-4-7(8(10,11)12)5-3-6-9(13)14/h2-6,13-14H,1H3/b4-2-,6-3+,7-5+. The van der Waals surface area contributed by atoms with Gasteiger partial charge in [0.15, 0.2) is 0 Å². The summed E-state index contributed by atoms with van der Waals surface area (Å²) in [5, 5.41) is 16.7. The third kappa shape index (κ3) is 5.61. The fraction of sp³-hybridized carbons (Fsp3) is 0.250. The Morgan fingerprint density at radius 3 is 2.21 bits per heavy atom. The Labute approximate surface area is 80.2 Å². The Kier molecular flexibility index (Phi) is 5.26. The number of hydrogen-bond acceptors (Lipinski definition) is 2. The average Bonchev–Trinajstić information content (AvgIpc) is 2.00. The van der Waals surface area contributed by atoms with Gasteiger partial charge in [-0.3, -0.25) is 0 Å². The third-order valence-corrected chi connectivity index (χ3v) is 1.23. The molecule has 0 aliphatic heterocycles. The van der Waals surface area contributed by atoms with Crippen LogP contribution in [0, 0.1) is 0 Å². The molecule has 0 saturated heterocycles. The van der Waals surface area contributed by atoms with Crippen molar-refractivity contribution >= 4 is 7.12 Å². The molecule has 2 N–H and O–H groups in total. The van der Waals surface area contributed by atoms with Gasteiger partial charge in [-0.05, 0) is 6.92 Å². The molecule has 0 aliphatic rings. The summed E-state index contributed by atoms with van der Waals surface area (Å²) in [5.41, 5.74) is -0.850. The molecule has 0 spiro atoms. The molecular weight excluding hydrogens is 196 g/mol. The molecule has 0 saturated carbocycles. The van der Waals surface area contributed by atoms with Crippen molar-refractivity contribution in [1.82, 2.24) is 0 Å². The number of halogens is 3. The van der Waals surface area contributed by atoms with E-state index in [0.717, 1.165) is 24.2 Å². The van der Waals surface area contributed by atoms with Gasteiger partial charge in [-0.1, -0.05) is 30.3 Å². The van der Waals surface area contributed by atoms with Crippen molar-refractivity contribution < 1.29 is 23.2 Å². The van der Waals surface area contributed by atoms with E-state index in [1.54, 1.807) is 0 Å². The van der Waals surface area contributed by atoms with Crippen molar-refractivity contribution in [3.8, 4) is 0 Å². The summed E-state index contributed by atoms with van der Waals surface area (Å²) in [6.07, 6.45) is -0.583. The van der Waals surface area contributed by atoms with E-state index in [-0.39, 0.29) is 0 Å². The van der Waals surface area contributed by atoms with E-state index >= 15 is 0 Å². The van der Waals surface area contributed by atoms with Crippen molar-refractivity contribution in [2.75, 3.05) is 0 Å². The number of allylic oxidation sites excluding steroid dienone is 5. The van der Waals surface area contributed by atoms with Gasteiger partial charge >= 0.3 is 13.3 Å². The van der Waals surface area contributed by atoms with E-state index in [0.29, 0.717) is 0 Å². The monoisotopic (exact) mass is 206 g/mol. The minimum Gasteiger partial charge on any atom is -0.424 e. The fourth-order valence-electron chi connectivity index (χ4n) is 0.683. The first-order chi connectivity index (χ1) is 6.38. The fourth-order valence-corrected chi connectivity index (χ4v) is 0.683. The third-order valence-electron chi connectivity index (χ3n) is 1.23. The van der Waals surface area contributed by atoms with Crippen LogP contribution >= 0.6 is 0 Å². The lowest BCUT2D eigenvalue weighted by Gasteiger charge is -2.05. The topological polar surface area (TPSA) is 40.5 Å². The second kappa shape index (κ2) is 5.67. The molecule has 14 heavy (non-hydrogen) atoms. The zero-order valence-electron chi connectivity index (χ0n) is 7.49. The van der Waals surface area contributed by atoms with E-state index in [1.807, 2.05) is 0 Å². The van der Waals surface area contributed by atoms with Gasteiger partial charge < -0.3 is 10.0 Å². The first kappa shape index (κ1) is 13.0. The van der Waals surface area contributed by atoms with Gasteiger partial charge in [-0.2, -0.15) is 13.2 Å². The molecule has 0 radical (unpaired) electrons. The number of alkyl halides is 3. The van der Waals surface area contributed by atoms with Crippen LogP contribution in [0.25, 0.3) is 0 Å². The first-order valence-electron chi connectivity index (χ1n) is 3.82. The summed E-state index contributed by atoms with van der Waals surface area (Å²) in [7, 11) is -1.74. The van der Waals surface area contributed by atoms with Gasteiger partial charge in [0.25, 0.3) is 0 Å². The Morgan fingerprint density at radius 1 is 1.29 bits per heavy atom. The minimum absolute atomic E-state index is 0.763. The van der Waals surface area contributed by atoms with E-state index in [9.17, 15) is 13.2 Å². The molecule has 0 bridgehead atoms. The summed E-state index contributed by atoms with van der Waals surface area (Å²) in [5.74, 6) is 0.829. The van der Waals surface area contributed by atoms with Crippen LogP contribution in [0.4, 0.5) is 13.2 Å². The lowest BCUT2D eigenvalue weighted by molar-refractivity contribution is -0.0881. The van der Waals surface area contributed by atoms with Crippen molar-refractivity contribution in [3.05, 3.63) is 35.9 Å². The van der Waals surface area contributed by atoms with Crippen molar-refractivity contribution in [2.45, 2.75) is 13.1 Å². The zero-order valence-corrected chi connectivity index (χ0v) is 7.49. The van der Waals surface area contributed by atoms with Crippen LogP contribution in [-0.4, -0.2) is 23.3 Å². The van der Waals surface area contributed by atoms with Crippen molar-refractivity contribution in [2.24, 2.45) is 0 Å². The van der Waals surface area contributed by atoms with Gasteiger partial charge in [0.1, 0.15) is 0 Å². The van der Waals surface area contributed by atoms with E-state index in [1.165, 1.54) is 13.0 Å². The van der Waals surface area contributed by atoms with Crippen molar-refractivity contribution in [3.63, 3.8) is 0 Å². The van der Waals surface area contributed by atoms with Crippen LogP contribution in [0.5, 0.6) is 0 Å². The molecule has 0 atom stereocenters. The molecule has 78 valence electrons. The summed E-state index contributed by atoms with van der Waals surface area (Å²) >= 11 is 0. The Bertz CT molecular complexity index is 254. The van der Waals surface area contributed by atoms with Crippen LogP contribution in [0.1, 0.15) is 6.92 Å². The molecule has 0 aromatic rings. The maximum absolute atomic E-state index is 12.2. The lowest BCUT2D eigenvalue weighted by Crippen LogP contribution is -2.10. The smallest absolute Gasteiger partial charge is 0.424 e. The van der Waals surface area contributed by atoms with E-state index in [2.05, 4.69) is 0 Å². The summed E-state index contributed by atoms with van der Waals surface area (Å²) in [6.45, 7) is 1.46. The molecule has 0 aliphatic carbocycles. The second-order valence-corrected chi connectivity index (χ2v) is 2.42. The zero-order chi connectivity index (χ0) is 11.2. The molecule has 0 fully saturated rings. The van der Waals surface area contributed by atoms with Gasteiger partial charge in [0, 0.05) is 0 Å². The van der Waals surface area contributed by atoms with Gasteiger partial charge in [0.05, 0.1) is 5.57 Å².